The van der Waals surface area contributed by atoms with Crippen LogP contribution in [0.2, 0.25) is 0 Å². The van der Waals surface area contributed by atoms with Crippen LogP contribution in [0.25, 0.3) is 92.5 Å². The molecule has 0 aliphatic rings. The zero-order chi connectivity index (χ0) is 38.2. The predicted octanol–water partition coefficient (Wildman–Crippen LogP) is 15.7. The predicted molar refractivity (Wildman–Crippen MR) is 248 cm³/mol. The van der Waals surface area contributed by atoms with Crippen LogP contribution < -0.4 is 4.90 Å². The Hall–Kier alpha value is -7.68. The molecule has 0 radical (unpaired) electrons. The zero-order valence-corrected chi connectivity index (χ0v) is 31.7. The maximum Gasteiger partial charge on any atom is 0.0562 e. The summed E-state index contributed by atoms with van der Waals surface area (Å²) in [7, 11) is 0. The van der Waals surface area contributed by atoms with Gasteiger partial charge >= 0.3 is 0 Å². The zero-order valence-electron chi connectivity index (χ0n) is 31.7. The smallest absolute Gasteiger partial charge is 0.0562 e. The fraction of sp³-hybridized carbons (Fsp3) is 0. The first-order valence-corrected chi connectivity index (χ1v) is 20.0. The molecule has 0 N–H and O–H groups in total. The first-order chi connectivity index (χ1) is 28.8. The molecule has 0 atom stereocenters. The molecule has 1 aromatic heterocycles. The van der Waals surface area contributed by atoms with E-state index in [1.54, 1.807) is 0 Å². The van der Waals surface area contributed by atoms with Crippen LogP contribution in [0.1, 0.15) is 0 Å². The van der Waals surface area contributed by atoms with Gasteiger partial charge in [0.25, 0.3) is 0 Å². The summed E-state index contributed by atoms with van der Waals surface area (Å²) < 4.78 is 2.49. The molecular weight excluding hydrogens is 701 g/mol. The van der Waals surface area contributed by atoms with Gasteiger partial charge in [-0.3, -0.25) is 0 Å². The molecule has 12 rings (SSSR count). The number of para-hydroxylation sites is 3. The minimum atomic E-state index is 1.10. The van der Waals surface area contributed by atoms with Crippen molar-refractivity contribution in [1.29, 1.82) is 0 Å². The molecule has 270 valence electrons. The monoisotopic (exact) mass is 736 g/mol. The lowest BCUT2D eigenvalue weighted by Gasteiger charge is -2.28. The molecule has 58 heavy (non-hydrogen) atoms. The molecule has 0 saturated carbocycles. The number of hydrogen-bond acceptors (Lipinski definition) is 1. The van der Waals surface area contributed by atoms with Gasteiger partial charge in [0.1, 0.15) is 0 Å². The van der Waals surface area contributed by atoms with E-state index in [1.807, 2.05) is 0 Å². The maximum absolute atomic E-state index is 2.49. The second-order valence-corrected chi connectivity index (χ2v) is 15.2. The quantitative estimate of drug-likeness (QED) is 0.160. The van der Waals surface area contributed by atoms with Gasteiger partial charge < -0.3 is 9.47 Å². The molecule has 0 fully saturated rings. The van der Waals surface area contributed by atoms with Crippen molar-refractivity contribution in [2.24, 2.45) is 0 Å². The van der Waals surface area contributed by atoms with Gasteiger partial charge in [-0.25, -0.2) is 0 Å². The molecular formula is C56H36N2. The average Bonchev–Trinajstić information content (AvgIpc) is 3.63. The molecule has 0 aliphatic carbocycles. The Bertz CT molecular complexity index is 3530. The largest absolute Gasteiger partial charge is 0.310 e. The third kappa shape index (κ3) is 4.85. The van der Waals surface area contributed by atoms with E-state index < -0.39 is 0 Å². The number of anilines is 3. The number of nitrogens with zero attached hydrogens (tertiary/aromatic N) is 2. The van der Waals surface area contributed by atoms with Crippen molar-refractivity contribution in [3.05, 3.63) is 218 Å². The lowest BCUT2D eigenvalue weighted by Crippen LogP contribution is -2.11. The van der Waals surface area contributed by atoms with Gasteiger partial charge in [-0.15, -0.1) is 0 Å². The number of rotatable bonds is 5. The van der Waals surface area contributed by atoms with E-state index >= 15 is 0 Å². The number of benzene rings is 11. The molecule has 2 nitrogen and oxygen atoms in total. The molecule has 0 saturated heterocycles. The molecule has 12 aromatic rings. The van der Waals surface area contributed by atoms with Crippen LogP contribution >= 0.6 is 0 Å². The molecule has 0 unspecified atom stereocenters. The summed E-state index contributed by atoms with van der Waals surface area (Å²) >= 11 is 0. The number of hydrogen-bond donors (Lipinski definition) is 0. The van der Waals surface area contributed by atoms with Crippen molar-refractivity contribution >= 4 is 92.7 Å². The van der Waals surface area contributed by atoms with Crippen LogP contribution in [0.3, 0.4) is 0 Å². The van der Waals surface area contributed by atoms with Crippen LogP contribution in [-0.2, 0) is 0 Å². The fourth-order valence-corrected chi connectivity index (χ4v) is 9.66. The SMILES string of the molecule is c1ccc(N(c2ccc3c4ccccc4n(-c4ccccc4-c4cc5ccccc5c5ccccc45)c3c2)c2cccc3c4ccccc4c4ccccc4c23)cc1. The van der Waals surface area contributed by atoms with E-state index in [9.17, 15) is 0 Å². The van der Waals surface area contributed by atoms with Gasteiger partial charge in [0.15, 0.2) is 0 Å². The molecule has 0 bridgehead atoms. The van der Waals surface area contributed by atoms with Gasteiger partial charge in [-0.1, -0.05) is 170 Å². The molecule has 0 spiro atoms. The van der Waals surface area contributed by atoms with Gasteiger partial charge in [0, 0.05) is 33.1 Å². The molecule has 0 amide bonds. The fourth-order valence-electron chi connectivity index (χ4n) is 9.66. The summed E-state index contributed by atoms with van der Waals surface area (Å²) in [5, 5.41) is 15.0. The van der Waals surface area contributed by atoms with E-state index in [-0.39, 0.29) is 0 Å². The summed E-state index contributed by atoms with van der Waals surface area (Å²) in [5.74, 6) is 0. The van der Waals surface area contributed by atoms with Gasteiger partial charge in [0.05, 0.1) is 22.4 Å². The minimum Gasteiger partial charge on any atom is -0.310 e. The molecule has 2 heteroatoms. The second-order valence-electron chi connectivity index (χ2n) is 15.2. The van der Waals surface area contributed by atoms with Crippen molar-refractivity contribution in [3.8, 4) is 16.8 Å². The van der Waals surface area contributed by atoms with Crippen molar-refractivity contribution in [1.82, 2.24) is 4.57 Å². The number of fused-ring (bicyclic) bond motifs is 12. The van der Waals surface area contributed by atoms with E-state index in [0.29, 0.717) is 0 Å². The van der Waals surface area contributed by atoms with E-state index in [4.69, 9.17) is 0 Å². The minimum absolute atomic E-state index is 1.10. The van der Waals surface area contributed by atoms with Crippen LogP contribution in [0.15, 0.2) is 218 Å². The highest BCUT2D eigenvalue weighted by molar-refractivity contribution is 6.29. The van der Waals surface area contributed by atoms with E-state index in [0.717, 1.165) is 28.3 Å². The summed E-state index contributed by atoms with van der Waals surface area (Å²) in [6.07, 6.45) is 0. The normalized spacial score (nSPS) is 11.8. The summed E-state index contributed by atoms with van der Waals surface area (Å²) in [5.41, 5.74) is 9.28. The van der Waals surface area contributed by atoms with Crippen LogP contribution in [0.5, 0.6) is 0 Å². The van der Waals surface area contributed by atoms with Gasteiger partial charge in [-0.2, -0.15) is 0 Å². The van der Waals surface area contributed by atoms with Crippen molar-refractivity contribution in [2.45, 2.75) is 0 Å². The molecule has 11 aromatic carbocycles. The highest BCUT2D eigenvalue weighted by Gasteiger charge is 2.22. The summed E-state index contributed by atoms with van der Waals surface area (Å²) in [6, 6.07) is 80.1. The first-order valence-electron chi connectivity index (χ1n) is 20.0. The standard InChI is InChI=1S/C56H36N2/c1-2-18-38(19-3-1)57(54-32-16-29-50-44-23-8-7-22-42(44)43-24-10-11-28-49(43)56(50)54)39-33-34-48-46-26-12-14-30-52(46)58(55(48)36-39)53-31-15-13-27-47(53)51-35-37-17-4-5-20-40(37)41-21-6-9-25-45(41)51/h1-36H. The third-order valence-corrected chi connectivity index (χ3v) is 12.1. The van der Waals surface area contributed by atoms with Crippen molar-refractivity contribution in [3.63, 3.8) is 0 Å². The Morgan fingerprint density at radius 2 is 0.828 bits per heavy atom. The summed E-state index contributed by atoms with van der Waals surface area (Å²) in [4.78, 5) is 2.45. The van der Waals surface area contributed by atoms with Crippen molar-refractivity contribution in [2.75, 3.05) is 4.90 Å². The third-order valence-electron chi connectivity index (χ3n) is 12.1. The summed E-state index contributed by atoms with van der Waals surface area (Å²) in [6.45, 7) is 0. The van der Waals surface area contributed by atoms with Crippen LogP contribution in [0, 0.1) is 0 Å². The van der Waals surface area contributed by atoms with Crippen molar-refractivity contribution < 1.29 is 0 Å². The average molecular weight is 737 g/mol. The second kappa shape index (κ2) is 12.9. The maximum atomic E-state index is 2.49. The first kappa shape index (κ1) is 32.6. The van der Waals surface area contributed by atoms with Gasteiger partial charge in [0.2, 0.25) is 0 Å². The Morgan fingerprint density at radius 1 is 0.293 bits per heavy atom. The van der Waals surface area contributed by atoms with Crippen LogP contribution in [0.4, 0.5) is 17.1 Å². The Balaban J connectivity index is 1.16. The Labute approximate surface area is 336 Å². The Morgan fingerprint density at radius 3 is 1.59 bits per heavy atom. The highest BCUT2D eigenvalue weighted by atomic mass is 15.1. The van der Waals surface area contributed by atoms with Gasteiger partial charge in [-0.05, 0) is 103 Å². The highest BCUT2D eigenvalue weighted by Crippen LogP contribution is 2.47. The topological polar surface area (TPSA) is 8.17 Å². The Kier molecular flexibility index (Phi) is 7.26. The van der Waals surface area contributed by atoms with E-state index in [1.165, 1.54) is 81.3 Å². The molecule has 0 aliphatic heterocycles. The van der Waals surface area contributed by atoms with Crippen LogP contribution in [-0.4, -0.2) is 4.57 Å². The molecule has 1 heterocycles. The van der Waals surface area contributed by atoms with E-state index in [2.05, 4.69) is 228 Å². The number of aromatic nitrogens is 1. The lowest BCUT2D eigenvalue weighted by atomic mass is 9.92. The lowest BCUT2D eigenvalue weighted by molar-refractivity contribution is 1.18.